The standard InChI is InChI=1S/C22H30N6O3.HI/c1-5-21-27-25-15-28(21)11-10-23-22(24-14-18-7-6-12-31-18)26-16(2)19-13-17(29-3)8-9-20(19)30-4;/h6-9,12-13,15-16H,5,10-11,14H2,1-4H3,(H2,23,24,26);1H. The van der Waals surface area contributed by atoms with E-state index in [4.69, 9.17) is 13.9 Å². The number of furan rings is 1. The third-order valence-corrected chi connectivity index (χ3v) is 4.89. The highest BCUT2D eigenvalue weighted by Gasteiger charge is 2.15. The average molecular weight is 554 g/mol. The fourth-order valence-electron chi connectivity index (χ4n) is 3.21. The normalized spacial score (nSPS) is 12.1. The summed E-state index contributed by atoms with van der Waals surface area (Å²) >= 11 is 0. The number of benzene rings is 1. The highest BCUT2D eigenvalue weighted by molar-refractivity contribution is 14.0. The summed E-state index contributed by atoms with van der Waals surface area (Å²) in [5.41, 5.74) is 0.974. The van der Waals surface area contributed by atoms with Gasteiger partial charge in [-0.2, -0.15) is 0 Å². The van der Waals surface area contributed by atoms with E-state index < -0.39 is 0 Å². The molecule has 32 heavy (non-hydrogen) atoms. The number of aromatic nitrogens is 3. The summed E-state index contributed by atoms with van der Waals surface area (Å²) in [6.45, 7) is 5.94. The molecule has 0 saturated carbocycles. The van der Waals surface area contributed by atoms with Crippen molar-refractivity contribution >= 4 is 29.9 Å². The van der Waals surface area contributed by atoms with Crippen molar-refractivity contribution in [2.45, 2.75) is 39.4 Å². The molecule has 0 bridgehead atoms. The highest BCUT2D eigenvalue weighted by Crippen LogP contribution is 2.29. The molecule has 1 aromatic carbocycles. The number of nitrogens with zero attached hydrogens (tertiary/aromatic N) is 4. The monoisotopic (exact) mass is 554 g/mol. The SMILES string of the molecule is CCc1nncn1CCNC(=NCc1ccco1)NC(C)c1cc(OC)ccc1OC.I. The highest BCUT2D eigenvalue weighted by atomic mass is 127. The van der Waals surface area contributed by atoms with Crippen LogP contribution < -0.4 is 20.1 Å². The third kappa shape index (κ3) is 6.87. The first-order valence-corrected chi connectivity index (χ1v) is 10.3. The Bertz CT molecular complexity index is 974. The van der Waals surface area contributed by atoms with Gasteiger partial charge in [0.25, 0.3) is 0 Å². The van der Waals surface area contributed by atoms with Crippen molar-refractivity contribution in [2.24, 2.45) is 4.99 Å². The van der Waals surface area contributed by atoms with Crippen LogP contribution in [0.4, 0.5) is 0 Å². The van der Waals surface area contributed by atoms with Crippen molar-refractivity contribution in [1.82, 2.24) is 25.4 Å². The molecule has 0 amide bonds. The van der Waals surface area contributed by atoms with Gasteiger partial charge in [0.1, 0.15) is 36.0 Å². The molecule has 0 fully saturated rings. The predicted molar refractivity (Wildman–Crippen MR) is 134 cm³/mol. The van der Waals surface area contributed by atoms with Crippen LogP contribution in [0.15, 0.2) is 52.3 Å². The molecule has 2 heterocycles. The van der Waals surface area contributed by atoms with Crippen LogP contribution in [0.3, 0.4) is 0 Å². The van der Waals surface area contributed by atoms with Crippen molar-refractivity contribution in [2.75, 3.05) is 20.8 Å². The van der Waals surface area contributed by atoms with Gasteiger partial charge in [0.2, 0.25) is 0 Å². The summed E-state index contributed by atoms with van der Waals surface area (Å²) in [5.74, 6) is 3.97. The predicted octanol–water partition coefficient (Wildman–Crippen LogP) is 3.57. The molecule has 0 aliphatic rings. The number of halogens is 1. The third-order valence-electron chi connectivity index (χ3n) is 4.89. The van der Waals surface area contributed by atoms with Gasteiger partial charge in [-0.3, -0.25) is 0 Å². The van der Waals surface area contributed by atoms with Gasteiger partial charge in [-0.1, -0.05) is 6.92 Å². The minimum atomic E-state index is -0.0750. The van der Waals surface area contributed by atoms with Crippen LogP contribution in [0, 0.1) is 0 Å². The maximum Gasteiger partial charge on any atom is 0.192 e. The number of guanidine groups is 1. The van der Waals surface area contributed by atoms with Crippen molar-refractivity contribution in [3.63, 3.8) is 0 Å². The second-order valence-corrected chi connectivity index (χ2v) is 6.94. The molecule has 9 nitrogen and oxygen atoms in total. The molecule has 2 aromatic heterocycles. The lowest BCUT2D eigenvalue weighted by molar-refractivity contribution is 0.394. The Kier molecular flexibility index (Phi) is 10.3. The zero-order chi connectivity index (χ0) is 22.1. The van der Waals surface area contributed by atoms with Crippen LogP contribution >= 0.6 is 24.0 Å². The molecule has 2 N–H and O–H groups in total. The van der Waals surface area contributed by atoms with Crippen LogP contribution in [0.2, 0.25) is 0 Å². The lowest BCUT2D eigenvalue weighted by Crippen LogP contribution is -2.40. The van der Waals surface area contributed by atoms with E-state index in [1.54, 1.807) is 26.8 Å². The molecule has 0 aliphatic heterocycles. The number of ether oxygens (including phenoxy) is 2. The molecule has 0 radical (unpaired) electrons. The first kappa shape index (κ1) is 25.5. The van der Waals surface area contributed by atoms with Crippen LogP contribution in [0.5, 0.6) is 11.5 Å². The number of aliphatic imine (C=N–C) groups is 1. The minimum absolute atomic E-state index is 0. The van der Waals surface area contributed by atoms with Crippen LogP contribution in [-0.2, 0) is 19.5 Å². The smallest absolute Gasteiger partial charge is 0.192 e. The van der Waals surface area contributed by atoms with E-state index in [2.05, 4.69) is 39.7 Å². The summed E-state index contributed by atoms with van der Waals surface area (Å²) < 4.78 is 18.4. The topological polar surface area (TPSA) is 98.7 Å². The van der Waals surface area contributed by atoms with Gasteiger partial charge in [-0.25, -0.2) is 4.99 Å². The van der Waals surface area contributed by atoms with E-state index in [1.165, 1.54) is 0 Å². The van der Waals surface area contributed by atoms with Crippen molar-refractivity contribution in [3.8, 4) is 11.5 Å². The first-order valence-electron chi connectivity index (χ1n) is 10.3. The average Bonchev–Trinajstić information content (AvgIpc) is 3.48. The second-order valence-electron chi connectivity index (χ2n) is 6.94. The van der Waals surface area contributed by atoms with Gasteiger partial charge in [0.05, 0.1) is 26.5 Å². The van der Waals surface area contributed by atoms with E-state index in [0.29, 0.717) is 19.0 Å². The summed E-state index contributed by atoms with van der Waals surface area (Å²) in [6.07, 6.45) is 4.23. The fraction of sp³-hybridized carbons (Fsp3) is 0.409. The number of rotatable bonds is 10. The van der Waals surface area contributed by atoms with E-state index >= 15 is 0 Å². The van der Waals surface area contributed by atoms with Gasteiger partial charge in [0, 0.05) is 25.1 Å². The van der Waals surface area contributed by atoms with Crippen molar-refractivity contribution < 1.29 is 13.9 Å². The Balaban J connectivity index is 0.00000363. The Morgan fingerprint density at radius 1 is 1.25 bits per heavy atom. The molecular formula is C22H31IN6O3. The number of nitrogens with one attached hydrogen (secondary N) is 2. The minimum Gasteiger partial charge on any atom is -0.497 e. The van der Waals surface area contributed by atoms with Gasteiger partial charge < -0.3 is 29.1 Å². The maximum atomic E-state index is 5.53. The van der Waals surface area contributed by atoms with Crippen LogP contribution in [-0.4, -0.2) is 41.5 Å². The molecule has 1 unspecified atom stereocenters. The molecule has 1 atom stereocenters. The molecule has 10 heteroatoms. The Hall–Kier alpha value is -2.76. The summed E-state index contributed by atoms with van der Waals surface area (Å²) in [6, 6.07) is 9.43. The van der Waals surface area contributed by atoms with Crippen molar-refractivity contribution in [1.29, 1.82) is 0 Å². The number of hydrogen-bond acceptors (Lipinski definition) is 6. The fourth-order valence-corrected chi connectivity index (χ4v) is 3.21. The van der Waals surface area contributed by atoms with Crippen LogP contribution in [0.1, 0.15) is 37.0 Å². The Morgan fingerprint density at radius 3 is 2.78 bits per heavy atom. The van der Waals surface area contributed by atoms with Gasteiger partial charge in [-0.15, -0.1) is 34.2 Å². The molecule has 0 spiro atoms. The quantitative estimate of drug-likeness (QED) is 0.225. The van der Waals surface area contributed by atoms with E-state index in [0.717, 1.165) is 41.6 Å². The Labute approximate surface area is 205 Å². The lowest BCUT2D eigenvalue weighted by atomic mass is 10.1. The molecule has 3 aromatic rings. The van der Waals surface area contributed by atoms with E-state index in [-0.39, 0.29) is 30.0 Å². The Morgan fingerprint density at radius 2 is 2.09 bits per heavy atom. The summed E-state index contributed by atoms with van der Waals surface area (Å²) in [7, 11) is 3.31. The molecule has 3 rings (SSSR count). The van der Waals surface area contributed by atoms with Crippen molar-refractivity contribution in [3.05, 3.63) is 60.1 Å². The lowest BCUT2D eigenvalue weighted by Gasteiger charge is -2.21. The number of methoxy groups -OCH3 is 2. The van der Waals surface area contributed by atoms with Gasteiger partial charge in [-0.05, 0) is 37.3 Å². The summed E-state index contributed by atoms with van der Waals surface area (Å²) in [4.78, 5) is 4.68. The number of hydrogen-bond donors (Lipinski definition) is 2. The zero-order valence-corrected chi connectivity index (χ0v) is 21.2. The first-order chi connectivity index (χ1) is 15.1. The van der Waals surface area contributed by atoms with Crippen LogP contribution in [0.25, 0.3) is 0 Å². The summed E-state index contributed by atoms with van der Waals surface area (Å²) in [5, 5.41) is 15.0. The number of aryl methyl sites for hydroxylation is 1. The second kappa shape index (κ2) is 12.9. The van der Waals surface area contributed by atoms with Gasteiger partial charge in [0.15, 0.2) is 5.96 Å². The largest absolute Gasteiger partial charge is 0.497 e. The van der Waals surface area contributed by atoms with Gasteiger partial charge >= 0.3 is 0 Å². The van der Waals surface area contributed by atoms with E-state index in [9.17, 15) is 0 Å². The van der Waals surface area contributed by atoms with E-state index in [1.807, 2.05) is 34.9 Å². The zero-order valence-electron chi connectivity index (χ0n) is 18.9. The molecule has 0 saturated heterocycles. The molecule has 174 valence electrons. The molecular weight excluding hydrogens is 523 g/mol. The molecule has 0 aliphatic carbocycles. The maximum absolute atomic E-state index is 5.53.